The molecule has 3 aromatic heterocycles. The van der Waals surface area contributed by atoms with Crippen molar-refractivity contribution in [2.45, 2.75) is 95.2 Å². The number of thiocarbonyl (C=S) groups is 1. The van der Waals surface area contributed by atoms with E-state index in [9.17, 15) is 42.3 Å². The van der Waals surface area contributed by atoms with Gasteiger partial charge in [0.05, 0.1) is 40.2 Å². The number of carboxylic acids is 1. The third kappa shape index (κ3) is 12.1. The van der Waals surface area contributed by atoms with Gasteiger partial charge in [0.2, 0.25) is 21.5 Å². The summed E-state index contributed by atoms with van der Waals surface area (Å²) in [5.74, 6) is -4.57. The summed E-state index contributed by atoms with van der Waals surface area (Å²) in [6, 6.07) is 26.4. The van der Waals surface area contributed by atoms with Crippen molar-refractivity contribution in [2.75, 3.05) is 17.2 Å². The zero-order valence-corrected chi connectivity index (χ0v) is 45.6. The van der Waals surface area contributed by atoms with Crippen LogP contribution in [0.25, 0.3) is 33.4 Å². The van der Waals surface area contributed by atoms with Crippen LogP contribution < -0.4 is 36.9 Å². The number of esters is 2. The van der Waals surface area contributed by atoms with Crippen LogP contribution in [0, 0.1) is 5.92 Å². The lowest BCUT2D eigenvalue weighted by atomic mass is 9.85. The summed E-state index contributed by atoms with van der Waals surface area (Å²) < 4.78 is 43.2. The highest BCUT2D eigenvalue weighted by Gasteiger charge is 2.51. The fraction of sp³-hybridized carbons (Fsp3) is 0.281. The molecule has 7 aromatic rings. The van der Waals surface area contributed by atoms with E-state index in [2.05, 4.69) is 41.3 Å². The molecular weight excluding hydrogens is 1060 g/mol. The summed E-state index contributed by atoms with van der Waals surface area (Å²) in [5, 5.41) is 25.1. The number of hydrogen-bond donors (Lipinski definition) is 8. The van der Waals surface area contributed by atoms with Gasteiger partial charge in [-0.3, -0.25) is 14.4 Å². The number of hydrogen-bond acceptors (Lipinski definition) is 13. The number of anilines is 2. The van der Waals surface area contributed by atoms with Crippen molar-refractivity contribution in [3.8, 4) is 22.5 Å². The maximum Gasteiger partial charge on any atom is 0.355 e. The molecule has 80 heavy (non-hydrogen) atoms. The van der Waals surface area contributed by atoms with Gasteiger partial charge in [-0.15, -0.1) is 0 Å². The van der Waals surface area contributed by atoms with E-state index >= 15 is 0 Å². The number of fused-ring (bicyclic) bond motifs is 5. The highest BCUT2D eigenvalue weighted by atomic mass is 32.2. The molecule has 0 radical (unpaired) electrons. The van der Waals surface area contributed by atoms with Crippen molar-refractivity contribution in [3.63, 3.8) is 0 Å². The van der Waals surface area contributed by atoms with E-state index in [4.69, 9.17) is 26.7 Å². The Labute approximate surface area is 465 Å². The molecule has 23 heteroatoms. The number of rotatable bonds is 20. The van der Waals surface area contributed by atoms with E-state index in [1.54, 1.807) is 73.9 Å². The molecule has 0 fully saturated rings. The summed E-state index contributed by atoms with van der Waals surface area (Å²) in [6.45, 7) is 7.38. The van der Waals surface area contributed by atoms with Crippen molar-refractivity contribution in [2.24, 2.45) is 5.92 Å². The minimum absolute atomic E-state index is 0.0342. The Hall–Kier alpha value is -8.80. The van der Waals surface area contributed by atoms with Crippen LogP contribution in [-0.2, 0) is 70.3 Å². The second-order valence-electron chi connectivity index (χ2n) is 19.7. The molecule has 0 saturated heterocycles. The largest absolute Gasteiger partial charge is 0.480 e. The van der Waals surface area contributed by atoms with Crippen LogP contribution in [0.3, 0.4) is 0 Å². The summed E-state index contributed by atoms with van der Waals surface area (Å²) in [4.78, 5) is 93.3. The molecular formula is C57H58N10O11S2. The molecule has 21 nitrogen and oxygen atoms in total. The van der Waals surface area contributed by atoms with Crippen molar-refractivity contribution in [3.05, 3.63) is 160 Å². The number of carboxylic acid groups (broad SMARTS) is 1. The van der Waals surface area contributed by atoms with E-state index in [0.29, 0.717) is 40.4 Å². The highest BCUT2D eigenvalue weighted by Crippen LogP contribution is 2.41. The van der Waals surface area contributed by atoms with Crippen LogP contribution in [-0.4, -0.2) is 92.7 Å². The number of nitrogens with zero attached hydrogens (tertiary/aromatic N) is 3. The number of cyclic esters (lactones) is 1. The molecule has 9 rings (SSSR count). The maximum absolute atomic E-state index is 14.5. The Bertz CT molecular complexity index is 3720. The predicted molar refractivity (Wildman–Crippen MR) is 302 cm³/mol. The number of nitrogens with one attached hydrogen (secondary N) is 7. The summed E-state index contributed by atoms with van der Waals surface area (Å²) in [7, 11) is -4.46. The number of carbonyl (C=O) groups excluding carboxylic acids is 4. The Morgan fingerprint density at radius 1 is 0.875 bits per heavy atom. The number of urea groups is 1. The average Bonchev–Trinajstić information content (AvgIpc) is 4.21. The van der Waals surface area contributed by atoms with Gasteiger partial charge < -0.3 is 50.7 Å². The Morgan fingerprint density at radius 2 is 1.62 bits per heavy atom. The second kappa shape index (κ2) is 23.7. The van der Waals surface area contributed by atoms with Crippen molar-refractivity contribution >= 4 is 79.5 Å². The lowest BCUT2D eigenvalue weighted by molar-refractivity contribution is -0.191. The van der Waals surface area contributed by atoms with Crippen molar-refractivity contribution < 1.29 is 47.0 Å². The van der Waals surface area contributed by atoms with Crippen LogP contribution in [0.15, 0.2) is 131 Å². The first-order chi connectivity index (χ1) is 38.4. The summed E-state index contributed by atoms with van der Waals surface area (Å²) >= 11 is 5.65. The van der Waals surface area contributed by atoms with Crippen molar-refractivity contribution in [1.82, 2.24) is 40.2 Å². The number of H-pyrrole nitrogens is 1. The second-order valence-corrected chi connectivity index (χ2v) is 21.9. The van der Waals surface area contributed by atoms with E-state index in [1.165, 1.54) is 36.8 Å². The summed E-state index contributed by atoms with van der Waals surface area (Å²) in [6.07, 6.45) is 3.37. The third-order valence-corrected chi connectivity index (χ3v) is 15.5. The number of imidazole rings is 1. The summed E-state index contributed by atoms with van der Waals surface area (Å²) in [5.41, 5.74) is 3.78. The molecule has 2 aliphatic rings. The van der Waals surface area contributed by atoms with Gasteiger partial charge >= 0.3 is 23.9 Å². The monoisotopic (exact) mass is 1120 g/mol. The minimum Gasteiger partial charge on any atom is -0.480 e. The van der Waals surface area contributed by atoms with Crippen LogP contribution in [0.5, 0.6) is 0 Å². The van der Waals surface area contributed by atoms with Crippen LogP contribution >= 0.6 is 12.2 Å². The fourth-order valence-corrected chi connectivity index (χ4v) is 11.1. The van der Waals surface area contributed by atoms with Gasteiger partial charge in [-0.05, 0) is 103 Å². The zero-order valence-electron chi connectivity index (χ0n) is 44.0. The highest BCUT2D eigenvalue weighted by molar-refractivity contribution is 7.89. The molecule has 8 N–H and O–H groups in total. The van der Waals surface area contributed by atoms with Gasteiger partial charge in [0.15, 0.2) is 5.11 Å². The Morgan fingerprint density at radius 3 is 2.34 bits per heavy atom. The first-order valence-electron chi connectivity index (χ1n) is 25.9. The Kier molecular flexibility index (Phi) is 16.5. The number of pyridine rings is 2. The quantitative estimate of drug-likeness (QED) is 0.0308. The number of ether oxygens (including phenoxy) is 2. The van der Waals surface area contributed by atoms with E-state index in [1.807, 2.05) is 43.3 Å². The fourth-order valence-electron chi connectivity index (χ4n) is 9.66. The number of carbonyl (C=O) groups is 5. The van der Waals surface area contributed by atoms with Gasteiger partial charge in [0.1, 0.15) is 24.7 Å². The number of aromatic nitrogens is 4. The van der Waals surface area contributed by atoms with Crippen molar-refractivity contribution in [1.29, 1.82) is 0 Å². The first kappa shape index (κ1) is 55.9. The molecule has 0 spiro atoms. The average molecular weight is 1120 g/mol. The molecule has 0 aliphatic carbocycles. The third-order valence-electron chi connectivity index (χ3n) is 13.9. The number of aromatic amines is 1. The smallest absolute Gasteiger partial charge is 0.355 e. The zero-order chi connectivity index (χ0) is 56.9. The molecule has 4 aromatic carbocycles. The molecule has 414 valence electrons. The maximum atomic E-state index is 14.5. The van der Waals surface area contributed by atoms with Gasteiger partial charge in [-0.25, -0.2) is 32.8 Å². The van der Waals surface area contributed by atoms with E-state index in [0.717, 1.165) is 28.5 Å². The minimum atomic E-state index is -4.46. The number of benzene rings is 4. The predicted octanol–water partition coefficient (Wildman–Crippen LogP) is 6.27. The number of amides is 3. The molecule has 3 amide bonds. The van der Waals surface area contributed by atoms with Gasteiger partial charge in [-0.1, -0.05) is 88.4 Å². The molecule has 1 unspecified atom stereocenters. The van der Waals surface area contributed by atoms with Crippen LogP contribution in [0.2, 0.25) is 0 Å². The molecule has 5 heterocycles. The van der Waals surface area contributed by atoms with Crippen LogP contribution in [0.4, 0.5) is 16.2 Å². The van der Waals surface area contributed by atoms with E-state index < -0.39 is 69.0 Å². The van der Waals surface area contributed by atoms with Crippen LogP contribution in [0.1, 0.15) is 68.5 Å². The number of para-hydroxylation sites is 1. The van der Waals surface area contributed by atoms with Gasteiger partial charge in [0.25, 0.3) is 5.56 Å². The molecule has 4 atom stereocenters. The molecule has 0 bridgehead atoms. The SMILES string of the molecule is CCCNC(=O)Nc1cccc(-c2ccc(CC(NS(=O)(=O)c3cccc(NC(=S)N[C@@H](Cc4cnc[nH]4)C(=O)N[C@H](C(=O)O[C@]4(CC)C(=O)OCc5c4cc4n(c5=O)Cc5cc6ccccc6nc5-4)C(C)C)c3)C(=O)O)cc2)c1. The molecule has 2 aliphatic heterocycles. The lowest BCUT2D eigenvalue weighted by Crippen LogP contribution is -2.56. The van der Waals surface area contributed by atoms with Gasteiger partial charge in [-0.2, -0.15) is 4.72 Å². The molecule has 0 saturated carbocycles. The standard InChI is InChI=1S/C57H58N10O11S2/c1-5-21-59-55(74)61-38-13-9-12-35(24-38)34-19-17-33(18-20-34)22-46(52(70)71)66-80(75,76)41-15-10-14-39(25-41)62-56(79)64-45(26-40-28-58-31-60-40)50(68)65-48(32(3)4)53(72)78-57(6-2)43-27-47-49-37(23-36-11-7-8-16-44(36)63-49)29-67(47)51(69)42(43)30-77-54(57)73/h7-20,23-25,27-28,31-32,45-46,48,66H,5-6,21-22,26,29-30H2,1-4H3,(H,58,60)(H,65,68)(H,70,71)(H2,59,61,74)(H2,62,64,79)/t45-,46?,48-,57-/m0/s1. The number of aliphatic carboxylic acids is 1. The Balaban J connectivity index is 0.874. The topological polar surface area (TPSA) is 294 Å². The van der Waals surface area contributed by atoms with E-state index in [-0.39, 0.29) is 65.3 Å². The first-order valence-corrected chi connectivity index (χ1v) is 27.8. The van der Waals surface area contributed by atoms with Gasteiger partial charge in [0, 0.05) is 52.7 Å². The normalized spacial score (nSPS) is 15.5. The lowest BCUT2D eigenvalue weighted by Gasteiger charge is -2.37. The number of sulfonamides is 1.